The zero-order valence-corrected chi connectivity index (χ0v) is 19.0. The molecule has 6 nitrogen and oxygen atoms in total. The molecule has 2 N–H and O–H groups in total. The van der Waals surface area contributed by atoms with Crippen molar-refractivity contribution in [2.24, 2.45) is 5.73 Å². The van der Waals surface area contributed by atoms with Crippen LogP contribution in [0.5, 0.6) is 0 Å². The number of nitriles is 1. The number of anilines is 1. The number of aryl methyl sites for hydroxylation is 1. The molecule has 3 aromatic carbocycles. The Hall–Kier alpha value is -4.09. The Balaban J connectivity index is 1.76. The predicted octanol–water partition coefficient (Wildman–Crippen LogP) is 4.66. The van der Waals surface area contributed by atoms with E-state index in [1.165, 1.54) is 16.4 Å². The topological polar surface area (TPSA) is 96.4 Å². The van der Waals surface area contributed by atoms with Crippen molar-refractivity contribution >= 4 is 21.5 Å². The van der Waals surface area contributed by atoms with E-state index in [4.69, 9.17) is 10.5 Å². The van der Waals surface area contributed by atoms with Crippen molar-refractivity contribution in [2.45, 2.75) is 19.4 Å². The first-order chi connectivity index (χ1) is 16.3. The van der Waals surface area contributed by atoms with Gasteiger partial charge in [0.2, 0.25) is 5.88 Å². The van der Waals surface area contributed by atoms with Gasteiger partial charge < -0.3 is 10.5 Å². The molecule has 2 aliphatic rings. The van der Waals surface area contributed by atoms with Gasteiger partial charge in [0.1, 0.15) is 22.4 Å². The molecule has 1 atom stereocenters. The quantitative estimate of drug-likeness (QED) is 0.597. The third-order valence-corrected chi connectivity index (χ3v) is 7.86. The van der Waals surface area contributed by atoms with Gasteiger partial charge in [0, 0.05) is 5.56 Å². The van der Waals surface area contributed by atoms with Crippen LogP contribution in [0.3, 0.4) is 0 Å². The van der Waals surface area contributed by atoms with Crippen molar-refractivity contribution in [3.63, 3.8) is 0 Å². The van der Waals surface area contributed by atoms with E-state index in [0.29, 0.717) is 22.4 Å². The second-order valence-corrected chi connectivity index (χ2v) is 10.0. The van der Waals surface area contributed by atoms with E-state index in [0.717, 1.165) is 5.56 Å². The predicted molar refractivity (Wildman–Crippen MR) is 127 cm³/mol. The minimum Gasteiger partial charge on any atom is -0.439 e. The number of nitrogens with two attached hydrogens (primary N) is 1. The Morgan fingerprint density at radius 1 is 1.09 bits per heavy atom. The third kappa shape index (κ3) is 3.42. The maximum Gasteiger partial charge on any atom is 0.265 e. The number of hydrogen-bond donors (Lipinski definition) is 1. The molecule has 34 heavy (non-hydrogen) atoms. The third-order valence-electron chi connectivity index (χ3n) is 5.97. The number of fused-ring (bicyclic) bond motifs is 2. The highest BCUT2D eigenvalue weighted by Crippen LogP contribution is 2.51. The van der Waals surface area contributed by atoms with E-state index in [1.807, 2.05) is 25.1 Å². The maximum atomic E-state index is 14.2. The summed E-state index contributed by atoms with van der Waals surface area (Å²) in [5.41, 5.74) is 9.29. The first kappa shape index (κ1) is 21.7. The number of halogens is 1. The van der Waals surface area contributed by atoms with Gasteiger partial charge in [-0.3, -0.25) is 4.31 Å². The number of hydrogen-bond acceptors (Lipinski definition) is 5. The summed E-state index contributed by atoms with van der Waals surface area (Å²) < 4.78 is 48.9. The minimum atomic E-state index is -4.17. The standard InChI is InChI=1S/C26H20FN3O3S/c1-16-5-4-6-18(13-16)23-21(14-28)26(29)33-24-20-7-2-3-8-22(20)30(34(31,32)25(23)24)15-17-9-11-19(27)12-10-17/h2-13,23H,15,29H2,1H3/t23-/m0/s1. The highest BCUT2D eigenvalue weighted by molar-refractivity contribution is 7.96. The highest BCUT2D eigenvalue weighted by Gasteiger charge is 2.47. The molecule has 2 aliphatic heterocycles. The van der Waals surface area contributed by atoms with E-state index in [2.05, 4.69) is 6.07 Å². The molecule has 0 aliphatic carbocycles. The number of allylic oxidation sites excluding steroid dienone is 2. The normalized spacial score (nSPS) is 18.6. The molecule has 3 aromatic rings. The molecular weight excluding hydrogens is 453 g/mol. The Morgan fingerprint density at radius 2 is 1.82 bits per heavy atom. The van der Waals surface area contributed by atoms with Gasteiger partial charge in [-0.15, -0.1) is 0 Å². The molecule has 0 bridgehead atoms. The molecule has 8 heteroatoms. The van der Waals surface area contributed by atoms with Crippen molar-refractivity contribution < 1.29 is 17.5 Å². The van der Waals surface area contributed by atoms with Crippen LogP contribution in [0.25, 0.3) is 5.76 Å². The van der Waals surface area contributed by atoms with Crippen molar-refractivity contribution in [3.05, 3.63) is 117 Å². The Kier molecular flexibility index (Phi) is 5.14. The fraction of sp³-hybridized carbons (Fsp3) is 0.115. The molecule has 0 spiro atoms. The van der Waals surface area contributed by atoms with Crippen LogP contribution < -0.4 is 10.0 Å². The van der Waals surface area contributed by atoms with Gasteiger partial charge in [-0.1, -0.05) is 54.1 Å². The van der Waals surface area contributed by atoms with E-state index in [-0.39, 0.29) is 28.7 Å². The zero-order chi connectivity index (χ0) is 24.0. The average molecular weight is 474 g/mol. The van der Waals surface area contributed by atoms with Crippen LogP contribution in [0.4, 0.5) is 10.1 Å². The Bertz CT molecular complexity index is 1520. The molecule has 0 radical (unpaired) electrons. The summed E-state index contributed by atoms with van der Waals surface area (Å²) in [7, 11) is -4.17. The molecule has 5 rings (SSSR count). The van der Waals surface area contributed by atoms with Crippen molar-refractivity contribution in [3.8, 4) is 6.07 Å². The molecule has 2 heterocycles. The van der Waals surface area contributed by atoms with E-state index in [9.17, 15) is 18.1 Å². The highest BCUT2D eigenvalue weighted by atomic mass is 32.2. The lowest BCUT2D eigenvalue weighted by Crippen LogP contribution is -2.39. The van der Waals surface area contributed by atoms with Crippen molar-refractivity contribution in [2.75, 3.05) is 4.31 Å². The molecule has 170 valence electrons. The molecule has 0 saturated heterocycles. The van der Waals surface area contributed by atoms with E-state index < -0.39 is 21.8 Å². The van der Waals surface area contributed by atoms with Gasteiger partial charge in [-0.2, -0.15) is 5.26 Å². The fourth-order valence-corrected chi connectivity index (χ4v) is 6.33. The summed E-state index contributed by atoms with van der Waals surface area (Å²) in [6, 6.07) is 22.0. The lowest BCUT2D eigenvalue weighted by molar-refractivity contribution is 0.357. The summed E-state index contributed by atoms with van der Waals surface area (Å²) >= 11 is 0. The fourth-order valence-electron chi connectivity index (χ4n) is 4.42. The number of rotatable bonds is 3. The summed E-state index contributed by atoms with van der Waals surface area (Å²) in [5, 5.41) is 9.91. The SMILES string of the molecule is Cc1cccc([C@H]2C(C#N)=C(N)OC3=C2S(=O)(=O)N(Cc2ccc(F)cc2)c2ccccc23)c1. The maximum absolute atomic E-state index is 14.2. The zero-order valence-electron chi connectivity index (χ0n) is 18.2. The minimum absolute atomic E-state index is 0.0158. The smallest absolute Gasteiger partial charge is 0.265 e. The van der Waals surface area contributed by atoms with E-state index in [1.54, 1.807) is 42.5 Å². The first-order valence-corrected chi connectivity index (χ1v) is 12.0. The number of benzene rings is 3. The van der Waals surface area contributed by atoms with Gasteiger partial charge in [-0.25, -0.2) is 12.8 Å². The van der Waals surface area contributed by atoms with Gasteiger partial charge in [0.25, 0.3) is 10.0 Å². The van der Waals surface area contributed by atoms with Crippen LogP contribution in [0, 0.1) is 24.1 Å². The summed E-state index contributed by atoms with van der Waals surface area (Å²) in [6.07, 6.45) is 0. The van der Waals surface area contributed by atoms with Gasteiger partial charge >= 0.3 is 0 Å². The molecule has 0 saturated carbocycles. The van der Waals surface area contributed by atoms with Gasteiger partial charge in [-0.05, 0) is 42.3 Å². The van der Waals surface area contributed by atoms with Crippen LogP contribution in [0.15, 0.2) is 89.2 Å². The van der Waals surface area contributed by atoms with Crippen molar-refractivity contribution in [1.29, 1.82) is 5.26 Å². The summed E-state index contributed by atoms with van der Waals surface area (Å²) in [5.74, 6) is -1.34. The molecule has 0 unspecified atom stereocenters. The number of sulfonamides is 1. The lowest BCUT2D eigenvalue weighted by atomic mass is 9.87. The number of ether oxygens (including phenoxy) is 1. The number of nitrogens with zero attached hydrogens (tertiary/aromatic N) is 2. The van der Waals surface area contributed by atoms with Crippen LogP contribution in [0.2, 0.25) is 0 Å². The van der Waals surface area contributed by atoms with Crippen LogP contribution >= 0.6 is 0 Å². The summed E-state index contributed by atoms with van der Waals surface area (Å²) in [6.45, 7) is 1.88. The molecule has 0 fully saturated rings. The van der Waals surface area contributed by atoms with Crippen LogP contribution in [0.1, 0.15) is 28.2 Å². The lowest BCUT2D eigenvalue weighted by Gasteiger charge is -2.38. The first-order valence-electron chi connectivity index (χ1n) is 10.6. The Morgan fingerprint density at radius 3 is 2.53 bits per heavy atom. The number of para-hydroxylation sites is 1. The van der Waals surface area contributed by atoms with Crippen LogP contribution in [-0.4, -0.2) is 8.42 Å². The van der Waals surface area contributed by atoms with Gasteiger partial charge in [0.15, 0.2) is 5.76 Å². The molecule has 0 amide bonds. The molecule has 0 aromatic heterocycles. The Labute approximate surface area is 197 Å². The summed E-state index contributed by atoms with van der Waals surface area (Å²) in [4.78, 5) is -0.0374. The second-order valence-electron chi connectivity index (χ2n) is 8.19. The largest absolute Gasteiger partial charge is 0.439 e. The monoisotopic (exact) mass is 473 g/mol. The van der Waals surface area contributed by atoms with Crippen molar-refractivity contribution in [1.82, 2.24) is 0 Å². The average Bonchev–Trinajstić information content (AvgIpc) is 2.82. The second kappa shape index (κ2) is 8.04. The van der Waals surface area contributed by atoms with E-state index >= 15 is 0 Å². The molecular formula is C26H20FN3O3S. The van der Waals surface area contributed by atoms with Crippen LogP contribution in [-0.2, 0) is 21.3 Å². The van der Waals surface area contributed by atoms with Gasteiger partial charge in [0.05, 0.1) is 18.2 Å².